The molecular formula is C15H16BrNO3S. The predicted octanol–water partition coefficient (Wildman–Crippen LogP) is 3.27. The Morgan fingerprint density at radius 2 is 1.71 bits per heavy atom. The van der Waals surface area contributed by atoms with E-state index in [1.54, 1.807) is 36.4 Å². The average Bonchev–Trinajstić information content (AvgIpc) is 2.45. The molecule has 2 N–H and O–H groups in total. The minimum absolute atomic E-state index is 0.0301. The van der Waals surface area contributed by atoms with Gasteiger partial charge in [0, 0.05) is 4.47 Å². The van der Waals surface area contributed by atoms with Gasteiger partial charge in [-0.3, -0.25) is 0 Å². The van der Waals surface area contributed by atoms with Crippen molar-refractivity contribution in [2.45, 2.75) is 11.3 Å². The molecule has 21 heavy (non-hydrogen) atoms. The summed E-state index contributed by atoms with van der Waals surface area (Å²) in [5, 5.41) is 0. The highest BCUT2D eigenvalue weighted by atomic mass is 79.9. The summed E-state index contributed by atoms with van der Waals surface area (Å²) in [7, 11) is -3.31. The van der Waals surface area contributed by atoms with E-state index in [0.717, 1.165) is 0 Å². The summed E-state index contributed by atoms with van der Waals surface area (Å²) in [6, 6.07) is 13.9. The minimum Gasteiger partial charge on any atom is -0.491 e. The Bertz CT molecular complexity index is 716. The van der Waals surface area contributed by atoms with Crippen LogP contribution in [0.1, 0.15) is 6.42 Å². The number of hydrogen-bond donors (Lipinski definition) is 1. The van der Waals surface area contributed by atoms with Crippen molar-refractivity contribution in [1.82, 2.24) is 0 Å². The average molecular weight is 370 g/mol. The van der Waals surface area contributed by atoms with Gasteiger partial charge in [0.25, 0.3) is 0 Å². The molecule has 4 nitrogen and oxygen atoms in total. The van der Waals surface area contributed by atoms with Crippen molar-refractivity contribution in [3.8, 4) is 5.75 Å². The van der Waals surface area contributed by atoms with Crippen molar-refractivity contribution < 1.29 is 13.2 Å². The third-order valence-electron chi connectivity index (χ3n) is 2.91. The smallest absolute Gasteiger partial charge is 0.179 e. The van der Waals surface area contributed by atoms with Crippen molar-refractivity contribution in [3.63, 3.8) is 0 Å². The first-order valence-corrected chi connectivity index (χ1v) is 8.90. The van der Waals surface area contributed by atoms with E-state index in [-0.39, 0.29) is 5.75 Å². The van der Waals surface area contributed by atoms with Gasteiger partial charge in [0.15, 0.2) is 9.84 Å². The van der Waals surface area contributed by atoms with Crippen LogP contribution in [0, 0.1) is 0 Å². The van der Waals surface area contributed by atoms with Gasteiger partial charge in [-0.15, -0.1) is 0 Å². The van der Waals surface area contributed by atoms with E-state index >= 15 is 0 Å². The van der Waals surface area contributed by atoms with Crippen molar-refractivity contribution in [2.24, 2.45) is 0 Å². The summed E-state index contributed by atoms with van der Waals surface area (Å²) in [4.78, 5) is 0.309. The Morgan fingerprint density at radius 1 is 1.05 bits per heavy atom. The second kappa shape index (κ2) is 6.95. The van der Waals surface area contributed by atoms with Gasteiger partial charge < -0.3 is 10.5 Å². The normalized spacial score (nSPS) is 11.3. The van der Waals surface area contributed by atoms with Crippen molar-refractivity contribution in [3.05, 3.63) is 53.0 Å². The van der Waals surface area contributed by atoms with Gasteiger partial charge in [-0.25, -0.2) is 8.42 Å². The zero-order valence-corrected chi connectivity index (χ0v) is 13.7. The van der Waals surface area contributed by atoms with Gasteiger partial charge in [-0.1, -0.05) is 24.3 Å². The van der Waals surface area contributed by atoms with E-state index in [1.165, 1.54) is 0 Å². The molecule has 0 atom stereocenters. The Hall–Kier alpha value is -1.53. The zero-order chi connectivity index (χ0) is 15.3. The zero-order valence-electron chi connectivity index (χ0n) is 11.3. The largest absolute Gasteiger partial charge is 0.491 e. The lowest BCUT2D eigenvalue weighted by Gasteiger charge is -2.09. The fourth-order valence-electron chi connectivity index (χ4n) is 1.85. The summed E-state index contributed by atoms with van der Waals surface area (Å²) < 4.78 is 30.5. The molecular weight excluding hydrogens is 354 g/mol. The molecule has 2 aromatic carbocycles. The highest BCUT2D eigenvalue weighted by Gasteiger charge is 2.16. The standard InChI is InChI=1S/C15H16BrNO3S/c16-12-6-1-4-9-15(12)21(18,19)11-5-10-20-14-8-3-2-7-13(14)17/h1-4,6-9H,5,10-11,17H2. The number of anilines is 1. The third-order valence-corrected chi connectivity index (χ3v) is 5.71. The number of ether oxygens (including phenoxy) is 1. The number of halogens is 1. The van der Waals surface area contributed by atoms with E-state index in [4.69, 9.17) is 10.5 Å². The van der Waals surface area contributed by atoms with E-state index in [1.807, 2.05) is 12.1 Å². The van der Waals surface area contributed by atoms with Crippen LogP contribution < -0.4 is 10.5 Å². The first-order chi connectivity index (χ1) is 10.0. The Balaban J connectivity index is 1.92. The molecule has 0 saturated carbocycles. The summed E-state index contributed by atoms with van der Waals surface area (Å²) in [5.41, 5.74) is 6.30. The van der Waals surface area contributed by atoms with Crippen molar-refractivity contribution in [2.75, 3.05) is 18.1 Å². The molecule has 0 aliphatic rings. The van der Waals surface area contributed by atoms with Crippen molar-refractivity contribution >= 4 is 31.5 Å². The lowest BCUT2D eigenvalue weighted by atomic mass is 10.3. The van der Waals surface area contributed by atoms with Gasteiger partial charge in [0.05, 0.1) is 22.9 Å². The quantitative estimate of drug-likeness (QED) is 0.626. The van der Waals surface area contributed by atoms with Gasteiger partial charge in [-0.2, -0.15) is 0 Å². The molecule has 0 aliphatic heterocycles. The summed E-state index contributed by atoms with van der Waals surface area (Å²) in [5.74, 6) is 0.610. The van der Waals surface area contributed by atoms with Crippen LogP contribution in [0.4, 0.5) is 5.69 Å². The molecule has 2 rings (SSSR count). The van der Waals surface area contributed by atoms with Crippen LogP contribution in [0.3, 0.4) is 0 Å². The molecule has 0 aliphatic carbocycles. The van der Waals surface area contributed by atoms with Crippen LogP contribution in [-0.4, -0.2) is 20.8 Å². The van der Waals surface area contributed by atoms with Crippen LogP contribution in [0.25, 0.3) is 0 Å². The number of sulfone groups is 1. The van der Waals surface area contributed by atoms with Crippen LogP contribution in [0.2, 0.25) is 0 Å². The van der Waals surface area contributed by atoms with Gasteiger partial charge in [0.2, 0.25) is 0 Å². The number of nitrogen functional groups attached to an aromatic ring is 1. The van der Waals surface area contributed by atoms with E-state index in [0.29, 0.717) is 33.8 Å². The molecule has 0 aromatic heterocycles. The maximum atomic E-state index is 12.2. The molecule has 0 radical (unpaired) electrons. The molecule has 0 spiro atoms. The molecule has 0 saturated heterocycles. The monoisotopic (exact) mass is 369 g/mol. The molecule has 0 fully saturated rings. The fraction of sp³-hybridized carbons (Fsp3) is 0.200. The lowest BCUT2D eigenvalue weighted by molar-refractivity contribution is 0.319. The molecule has 112 valence electrons. The topological polar surface area (TPSA) is 69.4 Å². The number of nitrogens with two attached hydrogens (primary N) is 1. The fourth-order valence-corrected chi connectivity index (χ4v) is 4.24. The summed E-state index contributed by atoms with van der Waals surface area (Å²) in [6.45, 7) is 0.303. The van der Waals surface area contributed by atoms with Crippen LogP contribution >= 0.6 is 15.9 Å². The first-order valence-electron chi connectivity index (χ1n) is 6.45. The van der Waals surface area contributed by atoms with Gasteiger partial charge >= 0.3 is 0 Å². The molecule has 2 aromatic rings. The molecule has 0 bridgehead atoms. The summed E-state index contributed by atoms with van der Waals surface area (Å²) in [6.07, 6.45) is 0.401. The summed E-state index contributed by atoms with van der Waals surface area (Å²) >= 11 is 3.26. The molecule has 0 unspecified atom stereocenters. The number of rotatable bonds is 6. The maximum absolute atomic E-state index is 12.2. The highest BCUT2D eigenvalue weighted by Crippen LogP contribution is 2.23. The van der Waals surface area contributed by atoms with Crippen molar-refractivity contribution in [1.29, 1.82) is 0 Å². The molecule has 6 heteroatoms. The second-order valence-corrected chi connectivity index (χ2v) is 7.42. The number of para-hydroxylation sites is 2. The predicted molar refractivity (Wildman–Crippen MR) is 87.2 cm³/mol. The van der Waals surface area contributed by atoms with Gasteiger partial charge in [-0.05, 0) is 46.6 Å². The molecule has 0 amide bonds. The van der Waals surface area contributed by atoms with E-state index < -0.39 is 9.84 Å². The van der Waals surface area contributed by atoms with E-state index in [2.05, 4.69) is 15.9 Å². The Morgan fingerprint density at radius 3 is 2.43 bits per heavy atom. The Kier molecular flexibility index (Phi) is 5.25. The van der Waals surface area contributed by atoms with Gasteiger partial charge in [0.1, 0.15) is 5.75 Å². The minimum atomic E-state index is -3.31. The maximum Gasteiger partial charge on any atom is 0.179 e. The Labute approximate surface area is 133 Å². The van der Waals surface area contributed by atoms with Crippen LogP contribution in [0.5, 0.6) is 5.75 Å². The van der Waals surface area contributed by atoms with Crippen LogP contribution in [-0.2, 0) is 9.84 Å². The third kappa shape index (κ3) is 4.22. The lowest BCUT2D eigenvalue weighted by Crippen LogP contribution is -2.11. The van der Waals surface area contributed by atoms with E-state index in [9.17, 15) is 8.42 Å². The first kappa shape index (κ1) is 15.9. The highest BCUT2D eigenvalue weighted by molar-refractivity contribution is 9.10. The second-order valence-electron chi connectivity index (χ2n) is 4.49. The number of hydrogen-bond acceptors (Lipinski definition) is 4. The number of benzene rings is 2. The van der Waals surface area contributed by atoms with Crippen LogP contribution in [0.15, 0.2) is 57.9 Å². The SMILES string of the molecule is Nc1ccccc1OCCCS(=O)(=O)c1ccccc1Br. The molecule has 0 heterocycles.